The largest absolute Gasteiger partial charge is 0.451 e. The van der Waals surface area contributed by atoms with Crippen LogP contribution in [0.5, 0.6) is 0 Å². The van der Waals surface area contributed by atoms with Gasteiger partial charge in [-0.2, -0.15) is 13.2 Å². The van der Waals surface area contributed by atoms with Crippen LogP contribution in [-0.2, 0) is 15.7 Å². The van der Waals surface area contributed by atoms with Crippen LogP contribution in [0.1, 0.15) is 41.8 Å². The molecule has 1 aliphatic carbocycles. The molecule has 1 aromatic heterocycles. The van der Waals surface area contributed by atoms with Crippen molar-refractivity contribution in [3.05, 3.63) is 68.9 Å². The summed E-state index contributed by atoms with van der Waals surface area (Å²) in [7, 11) is 0. The number of hydrogen-bond donors (Lipinski definition) is 1. The number of nitro benzene ring substituents is 1. The molecule has 5 rings (SSSR count). The topological polar surface area (TPSA) is 118 Å². The van der Waals surface area contributed by atoms with Gasteiger partial charge in [0.2, 0.25) is 5.91 Å². The number of fused-ring (bicyclic) bond motifs is 1. The number of alkyl halides is 3. The second kappa shape index (κ2) is 12.2. The van der Waals surface area contributed by atoms with Crippen molar-refractivity contribution in [1.29, 1.82) is 0 Å². The Kier molecular flexibility index (Phi) is 8.60. The third-order valence-electron chi connectivity index (χ3n) is 7.59. The van der Waals surface area contributed by atoms with E-state index in [1.165, 1.54) is 6.07 Å². The van der Waals surface area contributed by atoms with Gasteiger partial charge in [-0.05, 0) is 62.1 Å². The van der Waals surface area contributed by atoms with Gasteiger partial charge in [0.25, 0.3) is 11.6 Å². The van der Waals surface area contributed by atoms with Crippen molar-refractivity contribution in [3.63, 3.8) is 0 Å². The van der Waals surface area contributed by atoms with Gasteiger partial charge in [0.05, 0.1) is 11.0 Å². The standard InChI is InChI=1S/C28H28ClF3N4O6/c29-18-1-8-24-17(13-18)14-25(42-24)27(38)35-11-9-34(10-12-35)26(37)16-41-21-5-2-19(3-6-21)33-20-4-7-23(36(39)40)22(15-20)28(30,31)32/h1,4,7-8,13-15,19,21,33H,2-3,5-6,9-12,16H2/t19-,21-. The first-order valence-electron chi connectivity index (χ1n) is 13.5. The van der Waals surface area contributed by atoms with Gasteiger partial charge in [0, 0.05) is 54.4 Å². The van der Waals surface area contributed by atoms with Crippen LogP contribution < -0.4 is 5.32 Å². The summed E-state index contributed by atoms with van der Waals surface area (Å²) in [5.74, 6) is -0.208. The average molecular weight is 609 g/mol. The van der Waals surface area contributed by atoms with Crippen molar-refractivity contribution in [2.75, 3.05) is 38.1 Å². The predicted molar refractivity (Wildman–Crippen MR) is 147 cm³/mol. The van der Waals surface area contributed by atoms with E-state index < -0.39 is 22.4 Å². The molecule has 0 atom stereocenters. The lowest BCUT2D eigenvalue weighted by atomic mass is 9.92. The summed E-state index contributed by atoms with van der Waals surface area (Å²) < 4.78 is 51.3. The maximum Gasteiger partial charge on any atom is 0.423 e. The number of carbonyl (C=O) groups excluding carboxylic acids is 2. The Morgan fingerprint density at radius 1 is 1.02 bits per heavy atom. The zero-order valence-corrected chi connectivity index (χ0v) is 23.1. The number of nitro groups is 1. The number of furan rings is 1. The average Bonchev–Trinajstić information content (AvgIpc) is 3.39. The Balaban J connectivity index is 1.05. The van der Waals surface area contributed by atoms with Crippen LogP contribution in [0.4, 0.5) is 24.5 Å². The molecule has 10 nitrogen and oxygen atoms in total. The number of carbonyl (C=O) groups is 2. The van der Waals surface area contributed by atoms with E-state index in [-0.39, 0.29) is 42.0 Å². The van der Waals surface area contributed by atoms with Gasteiger partial charge in [-0.25, -0.2) is 0 Å². The van der Waals surface area contributed by atoms with Crippen LogP contribution >= 0.6 is 11.6 Å². The molecular formula is C28H28ClF3N4O6. The number of piperazine rings is 1. The minimum Gasteiger partial charge on any atom is -0.451 e. The van der Waals surface area contributed by atoms with E-state index >= 15 is 0 Å². The molecule has 0 spiro atoms. The maximum atomic E-state index is 13.3. The first-order valence-corrected chi connectivity index (χ1v) is 13.9. The lowest BCUT2D eigenvalue weighted by Crippen LogP contribution is -2.51. The van der Waals surface area contributed by atoms with Gasteiger partial charge in [-0.15, -0.1) is 0 Å². The van der Waals surface area contributed by atoms with Crippen LogP contribution in [-0.4, -0.2) is 71.5 Å². The summed E-state index contributed by atoms with van der Waals surface area (Å²) in [5.41, 5.74) is -1.55. The van der Waals surface area contributed by atoms with Crippen molar-refractivity contribution >= 4 is 45.8 Å². The first-order chi connectivity index (χ1) is 20.0. The number of rotatable bonds is 7. The number of ether oxygens (including phenoxy) is 1. The number of amides is 2. The van der Waals surface area contributed by atoms with E-state index in [2.05, 4.69) is 5.32 Å². The summed E-state index contributed by atoms with van der Waals surface area (Å²) in [5, 5.41) is 15.3. The van der Waals surface area contributed by atoms with Gasteiger partial charge < -0.3 is 24.3 Å². The Bertz CT molecular complexity index is 1480. The summed E-state index contributed by atoms with van der Waals surface area (Å²) in [6.45, 7) is 1.35. The van der Waals surface area contributed by atoms with Crippen LogP contribution in [0.25, 0.3) is 11.0 Å². The number of nitrogens with zero attached hydrogens (tertiary/aromatic N) is 3. The second-order valence-corrected chi connectivity index (χ2v) is 10.8. The molecule has 2 fully saturated rings. The SMILES string of the molecule is O=C(CO[C@H]1CC[C@H](Nc2ccc([N+](=O)[O-])c(C(F)(F)F)c2)CC1)N1CCN(C(=O)c2cc3cc(Cl)ccc3o2)CC1. The van der Waals surface area contributed by atoms with Crippen molar-refractivity contribution in [2.45, 2.75) is 44.0 Å². The summed E-state index contributed by atoms with van der Waals surface area (Å²) >= 11 is 6.01. The fourth-order valence-electron chi connectivity index (χ4n) is 5.34. The molecule has 2 amide bonds. The van der Waals surface area contributed by atoms with Crippen molar-refractivity contribution in [3.8, 4) is 0 Å². The lowest BCUT2D eigenvalue weighted by Gasteiger charge is -2.35. The molecule has 2 heterocycles. The van der Waals surface area contributed by atoms with E-state index in [4.69, 9.17) is 20.8 Å². The van der Waals surface area contributed by atoms with Crippen LogP contribution in [0, 0.1) is 10.1 Å². The van der Waals surface area contributed by atoms with E-state index in [0.29, 0.717) is 62.5 Å². The third-order valence-corrected chi connectivity index (χ3v) is 7.83. The second-order valence-electron chi connectivity index (χ2n) is 10.4. The molecule has 0 unspecified atom stereocenters. The van der Waals surface area contributed by atoms with E-state index in [1.807, 2.05) is 0 Å². The van der Waals surface area contributed by atoms with Gasteiger partial charge in [0.15, 0.2) is 5.76 Å². The minimum absolute atomic E-state index is 0.0989. The van der Waals surface area contributed by atoms with E-state index in [1.54, 1.807) is 34.1 Å². The molecule has 0 radical (unpaired) electrons. The molecule has 42 heavy (non-hydrogen) atoms. The van der Waals surface area contributed by atoms with Gasteiger partial charge in [0.1, 0.15) is 17.8 Å². The Morgan fingerprint density at radius 2 is 1.71 bits per heavy atom. The Hall–Kier alpha value is -3.84. The maximum absolute atomic E-state index is 13.3. The predicted octanol–water partition coefficient (Wildman–Crippen LogP) is 5.74. The van der Waals surface area contributed by atoms with Gasteiger partial charge >= 0.3 is 6.18 Å². The molecule has 0 bridgehead atoms. The normalized spacial score (nSPS) is 19.6. The molecule has 14 heteroatoms. The van der Waals surface area contributed by atoms with Crippen molar-refractivity contribution < 1.29 is 36.8 Å². The fraction of sp³-hybridized carbons (Fsp3) is 0.429. The quantitative estimate of drug-likeness (QED) is 0.268. The molecule has 1 saturated heterocycles. The highest BCUT2D eigenvalue weighted by molar-refractivity contribution is 6.31. The molecule has 224 valence electrons. The Labute approximate surface area is 243 Å². The summed E-state index contributed by atoms with van der Waals surface area (Å²) in [6, 6.07) is 9.55. The zero-order valence-electron chi connectivity index (χ0n) is 22.4. The molecular weight excluding hydrogens is 581 g/mol. The Morgan fingerprint density at radius 3 is 2.38 bits per heavy atom. The lowest BCUT2D eigenvalue weighted by molar-refractivity contribution is -0.388. The molecule has 1 saturated carbocycles. The third kappa shape index (κ3) is 6.79. The van der Waals surface area contributed by atoms with Crippen LogP contribution in [0.2, 0.25) is 5.02 Å². The van der Waals surface area contributed by atoms with Crippen molar-refractivity contribution in [1.82, 2.24) is 9.80 Å². The smallest absolute Gasteiger partial charge is 0.423 e. The van der Waals surface area contributed by atoms with Crippen LogP contribution in [0.15, 0.2) is 46.9 Å². The van der Waals surface area contributed by atoms with Crippen LogP contribution in [0.3, 0.4) is 0 Å². The number of hydrogen-bond acceptors (Lipinski definition) is 7. The van der Waals surface area contributed by atoms with Gasteiger partial charge in [-0.3, -0.25) is 19.7 Å². The van der Waals surface area contributed by atoms with Crippen molar-refractivity contribution in [2.24, 2.45) is 0 Å². The molecule has 2 aromatic carbocycles. The highest BCUT2D eigenvalue weighted by atomic mass is 35.5. The highest BCUT2D eigenvalue weighted by Crippen LogP contribution is 2.38. The van der Waals surface area contributed by atoms with Gasteiger partial charge in [-0.1, -0.05) is 11.6 Å². The number of halogens is 4. The fourth-order valence-corrected chi connectivity index (χ4v) is 5.52. The molecule has 1 N–H and O–H groups in total. The minimum atomic E-state index is -4.84. The number of anilines is 1. The molecule has 1 aliphatic heterocycles. The summed E-state index contributed by atoms with van der Waals surface area (Å²) in [6.07, 6.45) is -2.59. The highest BCUT2D eigenvalue weighted by Gasteiger charge is 2.38. The zero-order chi connectivity index (χ0) is 30.0. The summed E-state index contributed by atoms with van der Waals surface area (Å²) in [4.78, 5) is 38.9. The molecule has 3 aromatic rings. The monoisotopic (exact) mass is 608 g/mol. The number of nitrogens with one attached hydrogen (secondary N) is 1. The number of benzene rings is 2. The first kappa shape index (κ1) is 29.6. The molecule has 2 aliphatic rings. The van der Waals surface area contributed by atoms with E-state index in [9.17, 15) is 32.9 Å². The van der Waals surface area contributed by atoms with E-state index in [0.717, 1.165) is 17.5 Å².